The van der Waals surface area contributed by atoms with E-state index in [1.807, 2.05) is 0 Å². The van der Waals surface area contributed by atoms with Gasteiger partial charge in [-0.25, -0.2) is 9.59 Å². The minimum Gasteiger partial charge on any atom is -0.480 e. The van der Waals surface area contributed by atoms with Crippen molar-refractivity contribution in [1.29, 1.82) is 0 Å². The van der Waals surface area contributed by atoms with Crippen LogP contribution in [0.5, 0.6) is 0 Å². The fourth-order valence-corrected chi connectivity index (χ4v) is 0.226. The number of carboxylic acid groups (broad SMARTS) is 2. The molecule has 0 amide bonds. The minimum absolute atomic E-state index is 0. The summed E-state index contributed by atoms with van der Waals surface area (Å²) in [5.74, 6) is -2.34. The molecule has 0 radical (unpaired) electrons. The normalized spacial score (nSPS) is 8.00. The van der Waals surface area contributed by atoms with Crippen molar-refractivity contribution in [3.8, 4) is 0 Å². The van der Waals surface area contributed by atoms with Crippen LogP contribution in [0.4, 0.5) is 0 Å². The SMILES string of the molecule is O=C(O)COCC(=O)O.[Na+]. The van der Waals surface area contributed by atoms with Crippen LogP contribution in [0.3, 0.4) is 0 Å². The van der Waals surface area contributed by atoms with Crippen LogP contribution in [0, 0.1) is 0 Å². The Morgan fingerprint density at radius 1 is 1.10 bits per heavy atom. The van der Waals surface area contributed by atoms with E-state index in [4.69, 9.17) is 10.2 Å². The quantitative estimate of drug-likeness (QED) is 0.408. The molecule has 0 fully saturated rings. The fourth-order valence-electron chi connectivity index (χ4n) is 0.226. The van der Waals surface area contributed by atoms with Gasteiger partial charge in [0.2, 0.25) is 0 Å². The van der Waals surface area contributed by atoms with Gasteiger partial charge in [0, 0.05) is 0 Å². The largest absolute Gasteiger partial charge is 1.00 e. The Bertz CT molecular complexity index is 109. The van der Waals surface area contributed by atoms with Crippen molar-refractivity contribution in [2.75, 3.05) is 13.2 Å². The Kier molecular flexibility index (Phi) is 8.81. The summed E-state index contributed by atoms with van der Waals surface area (Å²) in [5.41, 5.74) is 0. The van der Waals surface area contributed by atoms with E-state index in [0.717, 1.165) is 0 Å². The van der Waals surface area contributed by atoms with Gasteiger partial charge in [-0.1, -0.05) is 0 Å². The van der Waals surface area contributed by atoms with Crippen molar-refractivity contribution in [1.82, 2.24) is 0 Å². The number of hydrogen-bond acceptors (Lipinski definition) is 3. The summed E-state index contributed by atoms with van der Waals surface area (Å²) < 4.78 is 4.16. The van der Waals surface area contributed by atoms with Gasteiger partial charge < -0.3 is 14.9 Å². The predicted molar refractivity (Wildman–Crippen MR) is 26.1 cm³/mol. The van der Waals surface area contributed by atoms with Gasteiger partial charge in [-0.2, -0.15) is 0 Å². The molecule has 0 aliphatic rings. The van der Waals surface area contributed by atoms with Gasteiger partial charge in [0.25, 0.3) is 0 Å². The summed E-state index contributed by atoms with van der Waals surface area (Å²) in [4.78, 5) is 19.3. The third-order valence-corrected chi connectivity index (χ3v) is 0.451. The van der Waals surface area contributed by atoms with E-state index in [9.17, 15) is 9.59 Å². The second-order valence-electron chi connectivity index (χ2n) is 1.28. The smallest absolute Gasteiger partial charge is 0.480 e. The molecule has 0 aromatic heterocycles. The number of carbonyl (C=O) groups is 2. The summed E-state index contributed by atoms with van der Waals surface area (Å²) >= 11 is 0. The third kappa shape index (κ3) is 10.8. The number of aliphatic carboxylic acids is 2. The monoisotopic (exact) mass is 157 g/mol. The van der Waals surface area contributed by atoms with Gasteiger partial charge in [-0.3, -0.25) is 0 Å². The van der Waals surface area contributed by atoms with E-state index in [1.165, 1.54) is 0 Å². The van der Waals surface area contributed by atoms with Crippen molar-refractivity contribution in [3.63, 3.8) is 0 Å². The molecule has 0 aliphatic carbocycles. The average molecular weight is 157 g/mol. The van der Waals surface area contributed by atoms with E-state index in [-0.39, 0.29) is 29.6 Å². The zero-order valence-electron chi connectivity index (χ0n) is 5.53. The van der Waals surface area contributed by atoms with Crippen LogP contribution in [0.25, 0.3) is 0 Å². The maximum atomic E-state index is 9.66. The van der Waals surface area contributed by atoms with Crippen LogP contribution in [0.1, 0.15) is 0 Å². The average Bonchev–Trinajstić information content (AvgIpc) is 1.63. The molecule has 2 N–H and O–H groups in total. The zero-order valence-corrected chi connectivity index (χ0v) is 7.53. The number of rotatable bonds is 4. The molecular weight excluding hydrogens is 151 g/mol. The Morgan fingerprint density at radius 2 is 1.40 bits per heavy atom. The molecule has 0 bridgehead atoms. The molecule has 0 saturated heterocycles. The number of ether oxygens (including phenoxy) is 1. The van der Waals surface area contributed by atoms with Crippen molar-refractivity contribution in [2.24, 2.45) is 0 Å². The van der Waals surface area contributed by atoms with Gasteiger partial charge in [-0.15, -0.1) is 0 Å². The molecule has 0 aromatic carbocycles. The molecule has 0 atom stereocenters. The van der Waals surface area contributed by atoms with Crippen LogP contribution < -0.4 is 29.6 Å². The summed E-state index contributed by atoms with van der Waals surface area (Å²) in [5, 5.41) is 15.8. The van der Waals surface area contributed by atoms with Gasteiger partial charge in [0.1, 0.15) is 13.2 Å². The van der Waals surface area contributed by atoms with E-state index >= 15 is 0 Å². The molecule has 0 spiro atoms. The molecule has 5 nitrogen and oxygen atoms in total. The first-order valence-corrected chi connectivity index (χ1v) is 2.14. The van der Waals surface area contributed by atoms with Crippen molar-refractivity contribution < 1.29 is 54.1 Å². The molecule has 52 valence electrons. The third-order valence-electron chi connectivity index (χ3n) is 0.451. The maximum absolute atomic E-state index is 9.66. The van der Waals surface area contributed by atoms with Crippen molar-refractivity contribution >= 4 is 11.9 Å². The summed E-state index contributed by atoms with van der Waals surface area (Å²) in [6, 6.07) is 0. The standard InChI is InChI=1S/C4H6O5.Na/c5-3(6)1-9-2-4(7)8;/h1-2H2,(H,5,6)(H,7,8);/q;+1. The molecule has 0 saturated carbocycles. The van der Waals surface area contributed by atoms with Gasteiger partial charge in [0.05, 0.1) is 0 Å². The topological polar surface area (TPSA) is 83.8 Å². The summed E-state index contributed by atoms with van der Waals surface area (Å²) in [7, 11) is 0. The van der Waals surface area contributed by atoms with E-state index in [0.29, 0.717) is 0 Å². The summed E-state index contributed by atoms with van der Waals surface area (Å²) in [6.45, 7) is -1.13. The van der Waals surface area contributed by atoms with E-state index in [1.54, 1.807) is 0 Å². The Balaban J connectivity index is 0. The van der Waals surface area contributed by atoms with E-state index < -0.39 is 25.2 Å². The Hall–Kier alpha value is -0.100. The molecular formula is C4H6NaO5+. The molecule has 6 heteroatoms. The van der Waals surface area contributed by atoms with Crippen molar-refractivity contribution in [3.05, 3.63) is 0 Å². The van der Waals surface area contributed by atoms with Crippen molar-refractivity contribution in [2.45, 2.75) is 0 Å². The first-order chi connectivity index (χ1) is 4.13. The number of hydrogen-bond donors (Lipinski definition) is 2. The molecule has 0 rings (SSSR count). The van der Waals surface area contributed by atoms with Crippen LogP contribution in [-0.2, 0) is 14.3 Å². The molecule has 10 heavy (non-hydrogen) atoms. The first-order valence-electron chi connectivity index (χ1n) is 2.14. The Morgan fingerprint density at radius 3 is 1.60 bits per heavy atom. The second-order valence-corrected chi connectivity index (χ2v) is 1.28. The van der Waals surface area contributed by atoms with Gasteiger partial charge in [-0.05, 0) is 0 Å². The maximum Gasteiger partial charge on any atom is 1.00 e. The molecule has 0 aliphatic heterocycles. The molecule has 0 unspecified atom stereocenters. The van der Waals surface area contributed by atoms with Crippen LogP contribution in [0.15, 0.2) is 0 Å². The fraction of sp³-hybridized carbons (Fsp3) is 0.500. The summed E-state index contributed by atoms with van der Waals surface area (Å²) in [6.07, 6.45) is 0. The van der Waals surface area contributed by atoms with Gasteiger partial charge >= 0.3 is 41.5 Å². The Labute approximate surface area is 79.3 Å². The minimum atomic E-state index is -1.17. The predicted octanol–water partition coefficient (Wildman–Crippen LogP) is -3.82. The zero-order chi connectivity index (χ0) is 7.28. The van der Waals surface area contributed by atoms with Gasteiger partial charge in [0.15, 0.2) is 0 Å². The van der Waals surface area contributed by atoms with Crippen LogP contribution in [-0.4, -0.2) is 35.4 Å². The van der Waals surface area contributed by atoms with Crippen LogP contribution >= 0.6 is 0 Å². The molecule has 0 aromatic rings. The van der Waals surface area contributed by atoms with Crippen LogP contribution in [0.2, 0.25) is 0 Å². The second kappa shape index (κ2) is 7.01. The first kappa shape index (κ1) is 12.6. The van der Waals surface area contributed by atoms with E-state index in [2.05, 4.69) is 4.74 Å². The number of carboxylic acids is 2. The molecule has 0 heterocycles.